The highest BCUT2D eigenvalue weighted by molar-refractivity contribution is 7.86. The maximum absolute atomic E-state index is 12.2. The Bertz CT molecular complexity index is 695. The number of hydrogen-bond donors (Lipinski definition) is 0. The third-order valence-corrected chi connectivity index (χ3v) is 5.29. The van der Waals surface area contributed by atoms with Crippen molar-refractivity contribution in [1.29, 1.82) is 0 Å². The van der Waals surface area contributed by atoms with E-state index < -0.39 is 10.1 Å². The van der Waals surface area contributed by atoms with Crippen LogP contribution in [0.15, 0.2) is 65.9 Å². The minimum absolute atomic E-state index is 0.223. The summed E-state index contributed by atoms with van der Waals surface area (Å²) < 4.78 is 29.8. The molecule has 22 heavy (non-hydrogen) atoms. The van der Waals surface area contributed by atoms with Crippen molar-refractivity contribution in [3.8, 4) is 0 Å². The Morgan fingerprint density at radius 2 is 1.59 bits per heavy atom. The van der Waals surface area contributed by atoms with Crippen molar-refractivity contribution in [3.63, 3.8) is 0 Å². The SMILES string of the molecule is Cc1ccc(S(=O)(=O)OC2CC(N3C=CC=CC=C3)C2)cc1. The predicted octanol–water partition coefficient (Wildman–Crippen LogP) is 3.13. The summed E-state index contributed by atoms with van der Waals surface area (Å²) in [5, 5.41) is 0. The molecular weight excluding hydrogens is 298 g/mol. The fourth-order valence-corrected chi connectivity index (χ4v) is 3.62. The topological polar surface area (TPSA) is 46.6 Å². The van der Waals surface area contributed by atoms with Crippen molar-refractivity contribution in [2.24, 2.45) is 0 Å². The molecule has 0 saturated heterocycles. The van der Waals surface area contributed by atoms with Crippen LogP contribution in [-0.4, -0.2) is 25.5 Å². The molecule has 2 aliphatic rings. The summed E-state index contributed by atoms with van der Waals surface area (Å²) in [6.45, 7) is 1.92. The number of hydrogen-bond acceptors (Lipinski definition) is 4. The van der Waals surface area contributed by atoms with Gasteiger partial charge in [0, 0.05) is 18.4 Å². The van der Waals surface area contributed by atoms with Crippen molar-refractivity contribution >= 4 is 10.1 Å². The number of nitrogens with zero attached hydrogens (tertiary/aromatic N) is 1. The molecule has 1 aromatic rings. The average Bonchev–Trinajstić information content (AvgIpc) is 2.72. The number of aryl methyl sites for hydroxylation is 1. The highest BCUT2D eigenvalue weighted by Gasteiger charge is 2.36. The van der Waals surface area contributed by atoms with E-state index in [0.717, 1.165) is 5.56 Å². The van der Waals surface area contributed by atoms with Crippen LogP contribution in [0.25, 0.3) is 0 Å². The summed E-state index contributed by atoms with van der Waals surface area (Å²) >= 11 is 0. The largest absolute Gasteiger partial charge is 0.351 e. The maximum Gasteiger partial charge on any atom is 0.297 e. The molecule has 1 aromatic carbocycles. The van der Waals surface area contributed by atoms with E-state index in [9.17, 15) is 8.42 Å². The lowest BCUT2D eigenvalue weighted by molar-refractivity contribution is 0.0602. The molecule has 0 aromatic heterocycles. The van der Waals surface area contributed by atoms with Gasteiger partial charge in [-0.3, -0.25) is 4.18 Å². The van der Waals surface area contributed by atoms with Gasteiger partial charge in [-0.05, 0) is 44.1 Å². The molecule has 5 heteroatoms. The first-order valence-electron chi connectivity index (χ1n) is 7.34. The van der Waals surface area contributed by atoms with Crippen LogP contribution in [0.4, 0.5) is 0 Å². The van der Waals surface area contributed by atoms with Crippen LogP contribution >= 0.6 is 0 Å². The molecule has 0 bridgehead atoms. The Hall–Kier alpha value is -1.85. The molecule has 1 aliphatic heterocycles. The third-order valence-electron chi connectivity index (χ3n) is 3.91. The summed E-state index contributed by atoms with van der Waals surface area (Å²) in [4.78, 5) is 2.32. The van der Waals surface area contributed by atoms with Crippen molar-refractivity contribution in [2.75, 3.05) is 0 Å². The molecule has 1 aliphatic carbocycles. The number of rotatable bonds is 4. The van der Waals surface area contributed by atoms with Crippen LogP contribution in [0, 0.1) is 6.92 Å². The smallest absolute Gasteiger partial charge is 0.297 e. The molecule has 116 valence electrons. The van der Waals surface area contributed by atoms with Crippen molar-refractivity contribution in [1.82, 2.24) is 4.90 Å². The van der Waals surface area contributed by atoms with Crippen molar-refractivity contribution in [3.05, 3.63) is 66.5 Å². The van der Waals surface area contributed by atoms with Crippen LogP contribution in [0.5, 0.6) is 0 Å². The van der Waals surface area contributed by atoms with Gasteiger partial charge in [0.05, 0.1) is 11.0 Å². The van der Waals surface area contributed by atoms with E-state index in [0.29, 0.717) is 18.9 Å². The molecule has 0 N–H and O–H groups in total. The predicted molar refractivity (Wildman–Crippen MR) is 85.5 cm³/mol. The second-order valence-electron chi connectivity index (χ2n) is 5.63. The van der Waals surface area contributed by atoms with E-state index >= 15 is 0 Å². The monoisotopic (exact) mass is 317 g/mol. The zero-order valence-electron chi connectivity index (χ0n) is 12.4. The highest BCUT2D eigenvalue weighted by Crippen LogP contribution is 2.32. The first kappa shape index (κ1) is 15.1. The van der Waals surface area contributed by atoms with Crippen LogP contribution in [0.3, 0.4) is 0 Å². The maximum atomic E-state index is 12.2. The molecule has 1 fully saturated rings. The normalized spacial score (nSPS) is 24.1. The molecule has 3 rings (SSSR count). The molecule has 0 spiro atoms. The molecule has 1 heterocycles. The summed E-state index contributed by atoms with van der Waals surface area (Å²) in [6.07, 6.45) is 13.0. The molecule has 0 radical (unpaired) electrons. The Balaban J connectivity index is 1.58. The zero-order valence-corrected chi connectivity index (χ0v) is 13.2. The minimum atomic E-state index is -3.67. The first-order chi connectivity index (χ1) is 10.5. The van der Waals surface area contributed by atoms with Gasteiger partial charge in [-0.2, -0.15) is 8.42 Å². The van der Waals surface area contributed by atoms with Crippen molar-refractivity contribution in [2.45, 2.75) is 36.8 Å². The Morgan fingerprint density at radius 1 is 1.00 bits per heavy atom. The lowest BCUT2D eigenvalue weighted by atomic mass is 9.88. The quantitative estimate of drug-likeness (QED) is 0.801. The molecule has 4 nitrogen and oxygen atoms in total. The van der Waals surface area contributed by atoms with Gasteiger partial charge in [0.25, 0.3) is 10.1 Å². The van der Waals surface area contributed by atoms with Gasteiger partial charge in [0.2, 0.25) is 0 Å². The Kier molecular flexibility index (Phi) is 4.18. The Morgan fingerprint density at radius 3 is 2.18 bits per heavy atom. The van der Waals surface area contributed by atoms with Gasteiger partial charge in [0.1, 0.15) is 0 Å². The summed E-state index contributed by atoms with van der Waals surface area (Å²) in [6, 6.07) is 7.03. The minimum Gasteiger partial charge on any atom is -0.351 e. The zero-order chi connectivity index (χ0) is 15.6. The van der Waals surface area contributed by atoms with E-state index in [-0.39, 0.29) is 11.0 Å². The van der Waals surface area contributed by atoms with Crippen molar-refractivity contribution < 1.29 is 12.6 Å². The van der Waals surface area contributed by atoms with E-state index in [1.54, 1.807) is 24.3 Å². The molecule has 0 atom stereocenters. The second-order valence-corrected chi connectivity index (χ2v) is 7.20. The summed E-state index contributed by atoms with van der Waals surface area (Å²) in [7, 11) is -3.67. The van der Waals surface area contributed by atoms with Gasteiger partial charge in [0.15, 0.2) is 0 Å². The Labute approximate surface area is 131 Å². The van der Waals surface area contributed by atoms with Gasteiger partial charge < -0.3 is 4.90 Å². The third kappa shape index (κ3) is 3.31. The van der Waals surface area contributed by atoms with Gasteiger partial charge in [-0.15, -0.1) is 0 Å². The standard InChI is InChI=1S/C17H19NO3S/c1-14-6-8-17(9-7-14)22(19,20)21-16-12-15(13-16)18-10-4-2-3-5-11-18/h2-11,15-16H,12-13H2,1H3. The van der Waals surface area contributed by atoms with Crippen LogP contribution < -0.4 is 0 Å². The average molecular weight is 317 g/mol. The lowest BCUT2D eigenvalue weighted by Gasteiger charge is -2.40. The van der Waals surface area contributed by atoms with E-state index in [1.165, 1.54) is 0 Å². The van der Waals surface area contributed by atoms with E-state index in [2.05, 4.69) is 4.90 Å². The molecule has 0 amide bonds. The first-order valence-corrected chi connectivity index (χ1v) is 8.74. The van der Waals surface area contributed by atoms with E-state index in [4.69, 9.17) is 4.18 Å². The van der Waals surface area contributed by atoms with Gasteiger partial charge in [-0.25, -0.2) is 0 Å². The molecule has 0 unspecified atom stereocenters. The molecular formula is C17H19NO3S. The van der Waals surface area contributed by atoms with E-state index in [1.807, 2.05) is 43.6 Å². The fourth-order valence-electron chi connectivity index (χ4n) is 2.52. The number of benzene rings is 1. The van der Waals surface area contributed by atoms with Gasteiger partial charge >= 0.3 is 0 Å². The van der Waals surface area contributed by atoms with Crippen LogP contribution in [0.2, 0.25) is 0 Å². The van der Waals surface area contributed by atoms with Crippen LogP contribution in [0.1, 0.15) is 18.4 Å². The summed E-state index contributed by atoms with van der Waals surface area (Å²) in [5.41, 5.74) is 1.02. The van der Waals surface area contributed by atoms with Gasteiger partial charge in [-0.1, -0.05) is 29.8 Å². The fraction of sp³-hybridized carbons (Fsp3) is 0.294. The molecule has 1 saturated carbocycles. The lowest BCUT2D eigenvalue weighted by Crippen LogP contribution is -2.44. The second kappa shape index (κ2) is 6.10. The van der Waals surface area contributed by atoms with Crippen LogP contribution in [-0.2, 0) is 14.3 Å². The number of allylic oxidation sites excluding steroid dienone is 4. The highest BCUT2D eigenvalue weighted by atomic mass is 32.2. The summed E-state index contributed by atoms with van der Waals surface area (Å²) in [5.74, 6) is 0.